The molecule has 37 heavy (non-hydrogen) atoms. The summed E-state index contributed by atoms with van der Waals surface area (Å²) in [6.45, 7) is 13.6. The highest BCUT2D eigenvalue weighted by atomic mass is 16.5. The highest BCUT2D eigenvalue weighted by molar-refractivity contribution is 5.95. The van der Waals surface area contributed by atoms with Gasteiger partial charge in [0.2, 0.25) is 0 Å². The average molecular weight is 511 g/mol. The van der Waals surface area contributed by atoms with Crippen molar-refractivity contribution in [2.75, 3.05) is 0 Å². The molecule has 2 fully saturated rings. The Morgan fingerprint density at radius 2 is 1.89 bits per heavy atom. The Hall–Kier alpha value is -2.01. The third kappa shape index (κ3) is 4.70. The van der Waals surface area contributed by atoms with Gasteiger partial charge in [0.05, 0.1) is 12.2 Å². The van der Waals surface area contributed by atoms with Crippen molar-refractivity contribution in [3.8, 4) is 11.5 Å². The summed E-state index contributed by atoms with van der Waals surface area (Å²) in [4.78, 5) is 12.3. The van der Waals surface area contributed by atoms with Crippen molar-refractivity contribution in [1.82, 2.24) is 0 Å². The molecule has 2 saturated carbocycles. The summed E-state index contributed by atoms with van der Waals surface area (Å²) in [5.74, 6) is 0.259. The molecule has 0 aromatic heterocycles. The minimum Gasteiger partial charge on any atom is -0.507 e. The molecule has 4 aliphatic rings. The van der Waals surface area contributed by atoms with Gasteiger partial charge in [0.15, 0.2) is 0 Å². The van der Waals surface area contributed by atoms with Gasteiger partial charge in [-0.1, -0.05) is 65.0 Å². The molecule has 1 aromatic carbocycles. The van der Waals surface area contributed by atoms with Crippen LogP contribution in [0.25, 0.3) is 0 Å². The largest absolute Gasteiger partial charge is 0.507 e. The second kappa shape index (κ2) is 9.94. The molecular weight excluding hydrogens is 464 g/mol. The standard InChI is InChI=1S/C32H46O5/c1-6-7-8-9-10-11-21-16-20-17-25(33)27(30(34)35)29-26(20)28(36-21)24-13-12-19(2)22-18-31(3,4)23(22)14-15-32(24,5)37-29/h17,21-24,28,33H,2,6-16,18H2,1,3-5H3,(H,34,35)/t21-,22-,23-,24-,28-,32+/m1/s1. The maximum Gasteiger partial charge on any atom is 0.343 e. The van der Waals surface area contributed by atoms with Crippen LogP contribution in [0.1, 0.15) is 126 Å². The molecule has 0 unspecified atom stereocenters. The smallest absolute Gasteiger partial charge is 0.343 e. The second-order valence-electron chi connectivity index (χ2n) is 13.2. The lowest BCUT2D eigenvalue weighted by Gasteiger charge is -2.54. The zero-order chi connectivity index (χ0) is 26.5. The molecular formula is C32H46O5. The fourth-order valence-electron chi connectivity index (χ4n) is 8.07. The van der Waals surface area contributed by atoms with Crippen LogP contribution in [0.5, 0.6) is 11.5 Å². The first kappa shape index (κ1) is 26.6. The number of ether oxygens (including phenoxy) is 2. The van der Waals surface area contributed by atoms with Crippen molar-refractivity contribution in [2.24, 2.45) is 23.2 Å². The summed E-state index contributed by atoms with van der Waals surface area (Å²) in [5.41, 5.74) is 2.84. The van der Waals surface area contributed by atoms with E-state index >= 15 is 0 Å². The summed E-state index contributed by atoms with van der Waals surface area (Å²) in [6.07, 6.45) is 12.6. The van der Waals surface area contributed by atoms with Gasteiger partial charge in [-0.05, 0) is 80.8 Å². The summed E-state index contributed by atoms with van der Waals surface area (Å²) in [6, 6.07) is 1.67. The average Bonchev–Trinajstić information content (AvgIpc) is 2.85. The van der Waals surface area contributed by atoms with Crippen LogP contribution in [-0.4, -0.2) is 27.9 Å². The number of unbranched alkanes of at least 4 members (excludes halogenated alkanes) is 4. The van der Waals surface area contributed by atoms with Gasteiger partial charge in [0, 0.05) is 11.5 Å². The number of hydrogen-bond donors (Lipinski definition) is 2. The molecule has 5 heteroatoms. The van der Waals surface area contributed by atoms with Crippen LogP contribution in [-0.2, 0) is 11.2 Å². The van der Waals surface area contributed by atoms with Crippen molar-refractivity contribution < 1.29 is 24.5 Å². The number of hydrogen-bond acceptors (Lipinski definition) is 4. The minimum absolute atomic E-state index is 0.0790. The molecule has 1 aromatic rings. The molecule has 2 N–H and O–H groups in total. The number of carboxylic acid groups (broad SMARTS) is 1. The summed E-state index contributed by atoms with van der Waals surface area (Å²) in [5, 5.41) is 20.9. The number of carboxylic acids is 1. The SMILES string of the molecule is C=C1CC[C@@H]2[C@H]3O[C@H](CCCCCCC)Cc4cc(O)c(C(=O)O)c(c43)O[C@@]2(C)CC[C@@H]2[C@@H]1CC2(C)C. The summed E-state index contributed by atoms with van der Waals surface area (Å²) < 4.78 is 13.7. The molecule has 5 rings (SSSR count). The molecule has 0 bridgehead atoms. The van der Waals surface area contributed by atoms with Crippen LogP contribution in [0.3, 0.4) is 0 Å². The molecule has 5 nitrogen and oxygen atoms in total. The Bertz CT molecular complexity index is 1060. The highest BCUT2D eigenvalue weighted by Gasteiger charge is 2.55. The molecule has 0 saturated heterocycles. The van der Waals surface area contributed by atoms with Gasteiger partial charge in [-0.2, -0.15) is 0 Å². The molecule has 2 aliphatic carbocycles. The minimum atomic E-state index is -1.15. The van der Waals surface area contributed by atoms with Gasteiger partial charge >= 0.3 is 5.97 Å². The van der Waals surface area contributed by atoms with Crippen LogP contribution in [0, 0.1) is 23.2 Å². The molecule has 0 radical (unpaired) electrons. The summed E-state index contributed by atoms with van der Waals surface area (Å²) in [7, 11) is 0. The fourth-order valence-corrected chi connectivity index (χ4v) is 8.07. The quantitative estimate of drug-likeness (QED) is 0.287. The zero-order valence-electron chi connectivity index (χ0n) is 23.3. The van der Waals surface area contributed by atoms with Crippen LogP contribution >= 0.6 is 0 Å². The number of allylic oxidation sites excluding steroid dienone is 1. The third-order valence-corrected chi connectivity index (χ3v) is 10.3. The van der Waals surface area contributed by atoms with E-state index in [1.165, 1.54) is 37.7 Å². The van der Waals surface area contributed by atoms with Crippen molar-refractivity contribution in [3.63, 3.8) is 0 Å². The third-order valence-electron chi connectivity index (χ3n) is 10.3. The van der Waals surface area contributed by atoms with Crippen molar-refractivity contribution in [3.05, 3.63) is 34.9 Å². The molecule has 204 valence electrons. The number of phenols is 1. The number of aromatic hydroxyl groups is 1. The Morgan fingerprint density at radius 3 is 2.59 bits per heavy atom. The topological polar surface area (TPSA) is 76.0 Å². The van der Waals surface area contributed by atoms with Crippen LogP contribution in [0.2, 0.25) is 0 Å². The van der Waals surface area contributed by atoms with E-state index in [2.05, 4.69) is 34.3 Å². The maximum atomic E-state index is 12.3. The summed E-state index contributed by atoms with van der Waals surface area (Å²) >= 11 is 0. The van der Waals surface area contributed by atoms with E-state index in [-0.39, 0.29) is 34.9 Å². The Morgan fingerprint density at radius 1 is 1.14 bits per heavy atom. The van der Waals surface area contributed by atoms with Gasteiger partial charge < -0.3 is 19.7 Å². The molecule has 0 spiro atoms. The predicted octanol–water partition coefficient (Wildman–Crippen LogP) is 7.99. The maximum absolute atomic E-state index is 12.3. The van der Waals surface area contributed by atoms with Crippen LogP contribution < -0.4 is 4.74 Å². The van der Waals surface area contributed by atoms with E-state index in [1.807, 2.05) is 0 Å². The lowest BCUT2D eigenvalue weighted by Crippen LogP contribution is -2.51. The first-order valence-corrected chi connectivity index (χ1v) is 14.7. The zero-order valence-corrected chi connectivity index (χ0v) is 23.3. The van der Waals surface area contributed by atoms with Crippen LogP contribution in [0.15, 0.2) is 18.2 Å². The number of carbonyl (C=O) groups is 1. The number of aromatic carboxylic acids is 1. The number of fused-ring (bicyclic) bond motifs is 3. The first-order valence-electron chi connectivity index (χ1n) is 14.7. The van der Waals surface area contributed by atoms with Gasteiger partial charge in [-0.15, -0.1) is 0 Å². The number of rotatable bonds is 7. The van der Waals surface area contributed by atoms with Crippen molar-refractivity contribution in [1.29, 1.82) is 0 Å². The van der Waals surface area contributed by atoms with Crippen molar-refractivity contribution >= 4 is 5.97 Å². The Labute approximate surface area is 222 Å². The van der Waals surface area contributed by atoms with Gasteiger partial charge in [0.25, 0.3) is 0 Å². The van der Waals surface area contributed by atoms with Gasteiger partial charge in [-0.3, -0.25) is 0 Å². The van der Waals surface area contributed by atoms with E-state index < -0.39 is 11.6 Å². The first-order chi connectivity index (χ1) is 17.6. The van der Waals surface area contributed by atoms with E-state index in [0.29, 0.717) is 24.0 Å². The molecule has 0 amide bonds. The lowest BCUT2D eigenvalue weighted by molar-refractivity contribution is -0.137. The van der Waals surface area contributed by atoms with Gasteiger partial charge in [-0.25, -0.2) is 4.79 Å². The number of benzene rings is 1. The molecule has 2 aliphatic heterocycles. The monoisotopic (exact) mass is 510 g/mol. The predicted molar refractivity (Wildman–Crippen MR) is 145 cm³/mol. The Balaban J connectivity index is 1.51. The normalized spacial score (nSPS) is 33.9. The lowest BCUT2D eigenvalue weighted by atomic mass is 9.52. The van der Waals surface area contributed by atoms with Gasteiger partial charge in [0.1, 0.15) is 22.7 Å². The van der Waals surface area contributed by atoms with E-state index in [0.717, 1.165) is 49.7 Å². The molecule has 6 atom stereocenters. The van der Waals surface area contributed by atoms with Crippen LogP contribution in [0.4, 0.5) is 0 Å². The molecule has 2 heterocycles. The fraction of sp³-hybridized carbons (Fsp3) is 0.719. The second-order valence-corrected chi connectivity index (χ2v) is 13.2. The Kier molecular flexibility index (Phi) is 7.15. The van der Waals surface area contributed by atoms with E-state index in [9.17, 15) is 15.0 Å². The van der Waals surface area contributed by atoms with E-state index in [4.69, 9.17) is 9.47 Å². The highest BCUT2D eigenvalue weighted by Crippen LogP contribution is 2.61. The van der Waals surface area contributed by atoms with E-state index in [1.54, 1.807) is 6.07 Å². The van der Waals surface area contributed by atoms with Crippen molar-refractivity contribution in [2.45, 2.75) is 123 Å².